The van der Waals surface area contributed by atoms with Gasteiger partial charge in [0.05, 0.1) is 16.8 Å². The molecule has 0 fully saturated rings. The average molecular weight is 363 g/mol. The number of terminal acetylenes is 1. The van der Waals surface area contributed by atoms with Crippen LogP contribution in [-0.2, 0) is 9.84 Å². The Morgan fingerprint density at radius 3 is 2.31 bits per heavy atom. The van der Waals surface area contributed by atoms with Gasteiger partial charge in [-0.1, -0.05) is 48.5 Å². The Kier molecular flexibility index (Phi) is 5.40. The Balaban J connectivity index is 2.06. The van der Waals surface area contributed by atoms with Gasteiger partial charge in [0.15, 0.2) is 15.7 Å². The molecule has 1 atom stereocenters. The second-order valence-electron chi connectivity index (χ2n) is 5.66. The van der Waals surface area contributed by atoms with Gasteiger partial charge in [-0.3, -0.25) is 0 Å². The summed E-state index contributed by atoms with van der Waals surface area (Å²) in [6.45, 7) is 0. The lowest BCUT2D eigenvalue weighted by Crippen LogP contribution is -2.17. The number of hydrogen-bond acceptors (Lipinski definition) is 5. The summed E-state index contributed by atoms with van der Waals surface area (Å²) in [6.07, 6.45) is 7.41. The zero-order valence-electron chi connectivity index (χ0n) is 14.0. The first kappa shape index (κ1) is 17.8. The molecular formula is C20H17N3O2S. The summed E-state index contributed by atoms with van der Waals surface area (Å²) in [5.41, 5.74) is 1.42. The summed E-state index contributed by atoms with van der Waals surface area (Å²) in [6, 6.07) is 17.7. The van der Waals surface area contributed by atoms with Crippen molar-refractivity contribution in [3.05, 3.63) is 72.7 Å². The Morgan fingerprint density at radius 1 is 1.00 bits per heavy atom. The first-order valence-corrected chi connectivity index (χ1v) is 9.65. The number of rotatable bonds is 6. The van der Waals surface area contributed by atoms with E-state index in [0.717, 1.165) is 5.56 Å². The molecule has 130 valence electrons. The molecule has 0 bridgehead atoms. The van der Waals surface area contributed by atoms with Crippen LogP contribution in [0.4, 0.5) is 0 Å². The van der Waals surface area contributed by atoms with E-state index in [1.165, 1.54) is 6.20 Å². The molecule has 0 N–H and O–H groups in total. The molecule has 2 aromatic carbocycles. The Bertz CT molecular complexity index is 1010. The van der Waals surface area contributed by atoms with Crippen LogP contribution in [0.3, 0.4) is 0 Å². The second kappa shape index (κ2) is 7.89. The van der Waals surface area contributed by atoms with E-state index in [-0.39, 0.29) is 17.1 Å². The zero-order valence-corrected chi connectivity index (χ0v) is 14.8. The second-order valence-corrected chi connectivity index (χ2v) is 7.79. The topological polar surface area (TPSA) is 72.8 Å². The molecule has 1 unspecified atom stereocenters. The SMILES string of the molecule is C#CCCC(c1nncc(-c2ccccc2)n1)S(=O)(=O)c1ccccc1. The minimum absolute atomic E-state index is 0.158. The third kappa shape index (κ3) is 3.79. The van der Waals surface area contributed by atoms with Crippen LogP contribution in [0.15, 0.2) is 71.8 Å². The third-order valence-electron chi connectivity index (χ3n) is 3.93. The maximum Gasteiger partial charge on any atom is 0.188 e. The molecule has 0 spiro atoms. The number of aromatic nitrogens is 3. The van der Waals surface area contributed by atoms with Crippen LogP contribution in [0.1, 0.15) is 23.9 Å². The van der Waals surface area contributed by atoms with Gasteiger partial charge in [-0.2, -0.15) is 5.10 Å². The molecule has 0 radical (unpaired) electrons. The number of benzene rings is 2. The molecule has 6 heteroatoms. The predicted molar refractivity (Wildman–Crippen MR) is 99.7 cm³/mol. The fourth-order valence-electron chi connectivity index (χ4n) is 2.61. The minimum Gasteiger partial charge on any atom is -0.228 e. The highest BCUT2D eigenvalue weighted by Crippen LogP contribution is 2.31. The first-order chi connectivity index (χ1) is 12.6. The average Bonchev–Trinajstić information content (AvgIpc) is 2.70. The molecule has 1 aromatic heterocycles. The van der Waals surface area contributed by atoms with E-state index in [1.54, 1.807) is 30.3 Å². The van der Waals surface area contributed by atoms with Crippen molar-refractivity contribution < 1.29 is 8.42 Å². The maximum atomic E-state index is 13.1. The van der Waals surface area contributed by atoms with Crippen LogP contribution >= 0.6 is 0 Å². The van der Waals surface area contributed by atoms with Gasteiger partial charge in [0.1, 0.15) is 5.25 Å². The fourth-order valence-corrected chi connectivity index (χ4v) is 4.28. The van der Waals surface area contributed by atoms with Gasteiger partial charge < -0.3 is 0 Å². The molecule has 0 aliphatic carbocycles. The van der Waals surface area contributed by atoms with Crippen molar-refractivity contribution in [3.8, 4) is 23.6 Å². The van der Waals surface area contributed by atoms with Gasteiger partial charge in [0.2, 0.25) is 0 Å². The van der Waals surface area contributed by atoms with E-state index >= 15 is 0 Å². The summed E-state index contributed by atoms with van der Waals surface area (Å²) in [7, 11) is -3.69. The highest BCUT2D eigenvalue weighted by atomic mass is 32.2. The smallest absolute Gasteiger partial charge is 0.188 e. The summed E-state index contributed by atoms with van der Waals surface area (Å²) < 4.78 is 26.2. The van der Waals surface area contributed by atoms with Gasteiger partial charge in [-0.25, -0.2) is 13.4 Å². The van der Waals surface area contributed by atoms with Crippen molar-refractivity contribution in [1.29, 1.82) is 0 Å². The predicted octanol–water partition coefficient (Wildman–Crippen LogP) is 3.47. The van der Waals surface area contributed by atoms with E-state index in [0.29, 0.717) is 12.1 Å². The van der Waals surface area contributed by atoms with E-state index < -0.39 is 15.1 Å². The Hall–Kier alpha value is -3.04. The summed E-state index contributed by atoms with van der Waals surface area (Å²) in [5.74, 6) is 2.66. The maximum absolute atomic E-state index is 13.1. The van der Waals surface area contributed by atoms with Crippen molar-refractivity contribution in [2.45, 2.75) is 23.0 Å². The van der Waals surface area contributed by atoms with Gasteiger partial charge in [-0.05, 0) is 18.6 Å². The summed E-state index contributed by atoms with van der Waals surface area (Å²) in [4.78, 5) is 4.68. The lowest BCUT2D eigenvalue weighted by Gasteiger charge is -2.15. The molecule has 3 aromatic rings. The van der Waals surface area contributed by atoms with Crippen molar-refractivity contribution in [2.75, 3.05) is 0 Å². The molecular weight excluding hydrogens is 346 g/mol. The fraction of sp³-hybridized carbons (Fsp3) is 0.150. The third-order valence-corrected chi connectivity index (χ3v) is 6.05. The van der Waals surface area contributed by atoms with E-state index in [1.807, 2.05) is 30.3 Å². The van der Waals surface area contributed by atoms with Crippen molar-refractivity contribution >= 4 is 9.84 Å². The molecule has 1 heterocycles. The largest absolute Gasteiger partial charge is 0.228 e. The molecule has 0 amide bonds. The highest BCUT2D eigenvalue weighted by Gasteiger charge is 2.31. The summed E-state index contributed by atoms with van der Waals surface area (Å²) in [5, 5.41) is 7.02. The van der Waals surface area contributed by atoms with Crippen LogP contribution in [-0.4, -0.2) is 23.6 Å². The first-order valence-electron chi connectivity index (χ1n) is 8.10. The Morgan fingerprint density at radius 2 is 1.65 bits per heavy atom. The van der Waals surface area contributed by atoms with E-state index in [4.69, 9.17) is 6.42 Å². The lowest BCUT2D eigenvalue weighted by molar-refractivity contribution is 0.569. The molecule has 0 saturated heterocycles. The van der Waals surface area contributed by atoms with Crippen LogP contribution < -0.4 is 0 Å². The monoisotopic (exact) mass is 363 g/mol. The van der Waals surface area contributed by atoms with Crippen molar-refractivity contribution in [3.63, 3.8) is 0 Å². The molecule has 3 rings (SSSR count). The van der Waals surface area contributed by atoms with Gasteiger partial charge in [0, 0.05) is 12.0 Å². The molecule has 0 aliphatic heterocycles. The van der Waals surface area contributed by atoms with E-state index in [9.17, 15) is 8.42 Å². The van der Waals surface area contributed by atoms with Gasteiger partial charge in [-0.15, -0.1) is 17.4 Å². The Labute approximate surface area is 153 Å². The van der Waals surface area contributed by atoms with Crippen LogP contribution in [0, 0.1) is 12.3 Å². The van der Waals surface area contributed by atoms with Gasteiger partial charge >= 0.3 is 0 Å². The highest BCUT2D eigenvalue weighted by molar-refractivity contribution is 7.91. The molecule has 5 nitrogen and oxygen atoms in total. The number of sulfone groups is 1. The van der Waals surface area contributed by atoms with Gasteiger partial charge in [0.25, 0.3) is 0 Å². The minimum atomic E-state index is -3.69. The standard InChI is InChI=1S/C20H17N3O2S/c1-2-3-14-19(26(24,25)17-12-8-5-9-13-17)20-22-18(15-21-23-20)16-10-6-4-7-11-16/h1,4-13,15,19H,3,14H2. The van der Waals surface area contributed by atoms with Crippen molar-refractivity contribution in [2.24, 2.45) is 0 Å². The zero-order chi connectivity index (χ0) is 18.4. The lowest BCUT2D eigenvalue weighted by atomic mass is 10.1. The van der Waals surface area contributed by atoms with Crippen LogP contribution in [0.25, 0.3) is 11.3 Å². The summed E-state index contributed by atoms with van der Waals surface area (Å²) >= 11 is 0. The van der Waals surface area contributed by atoms with Crippen molar-refractivity contribution in [1.82, 2.24) is 15.2 Å². The van der Waals surface area contributed by atoms with Crippen LogP contribution in [0.5, 0.6) is 0 Å². The number of hydrogen-bond donors (Lipinski definition) is 0. The quantitative estimate of drug-likeness (QED) is 0.627. The normalized spacial score (nSPS) is 12.3. The molecule has 0 saturated carbocycles. The van der Waals surface area contributed by atoms with E-state index in [2.05, 4.69) is 21.1 Å². The van der Waals surface area contributed by atoms with Crippen LogP contribution in [0.2, 0.25) is 0 Å². The molecule has 0 aliphatic rings. The molecule has 26 heavy (non-hydrogen) atoms. The number of nitrogens with zero attached hydrogens (tertiary/aromatic N) is 3.